The third-order valence-corrected chi connectivity index (χ3v) is 5.71. The molecular weight excluding hydrogens is 443 g/mol. The monoisotopic (exact) mass is 462 g/mol. The first kappa shape index (κ1) is 22.7. The zero-order chi connectivity index (χ0) is 24.7. The highest BCUT2D eigenvalue weighted by Crippen LogP contribution is 2.44. The molecule has 3 aromatic rings. The molecule has 34 heavy (non-hydrogen) atoms. The highest BCUT2D eigenvalue weighted by molar-refractivity contribution is 6.51. The van der Waals surface area contributed by atoms with E-state index in [0.29, 0.717) is 11.1 Å². The van der Waals surface area contributed by atoms with Crippen molar-refractivity contribution in [2.45, 2.75) is 19.9 Å². The number of phenolic OH excluding ortho intramolecular Hbond substituents is 1. The first-order valence-corrected chi connectivity index (χ1v) is 10.2. The maximum Gasteiger partial charge on any atom is 0.311 e. The molecule has 172 valence electrons. The van der Waals surface area contributed by atoms with Crippen LogP contribution in [0.15, 0.2) is 66.2 Å². The van der Waals surface area contributed by atoms with E-state index >= 15 is 0 Å². The molecule has 8 nitrogen and oxygen atoms in total. The summed E-state index contributed by atoms with van der Waals surface area (Å²) in [6.07, 6.45) is 0. The number of phenols is 1. The summed E-state index contributed by atoms with van der Waals surface area (Å²) in [6.45, 7) is 3.53. The number of hydrogen-bond acceptors (Lipinski definition) is 6. The Balaban J connectivity index is 2.02. The molecule has 0 aromatic heterocycles. The molecule has 3 aromatic carbocycles. The summed E-state index contributed by atoms with van der Waals surface area (Å²) in [6, 6.07) is 12.2. The highest BCUT2D eigenvalue weighted by Gasteiger charge is 2.47. The number of anilines is 1. The molecule has 0 saturated carbocycles. The van der Waals surface area contributed by atoms with Crippen molar-refractivity contribution in [2.75, 3.05) is 4.90 Å². The fourth-order valence-corrected chi connectivity index (χ4v) is 4.01. The molecule has 1 heterocycles. The second kappa shape index (κ2) is 8.43. The SMILES string of the molecule is Cc1ccc(C)c(/C(O)=C2\C(=O)C(=O)N(c3ccc(F)cc3)C2c2ccc(O)c([N+](=O)[O-])c2)c1. The average molecular weight is 462 g/mol. The minimum Gasteiger partial charge on any atom is -0.507 e. The molecule has 0 bridgehead atoms. The standard InChI is InChI=1S/C25H19FN2O6/c1-13-3-4-14(2)18(11-13)23(30)21-22(15-5-10-20(29)19(12-15)28(33)34)27(25(32)24(21)31)17-8-6-16(26)7-9-17/h3-12,22,29-30H,1-2H3/b23-21+. The van der Waals surface area contributed by atoms with Crippen LogP contribution in [0.5, 0.6) is 5.75 Å². The number of carbonyl (C=O) groups excluding carboxylic acids is 2. The number of halogens is 1. The van der Waals surface area contributed by atoms with E-state index in [2.05, 4.69) is 0 Å². The van der Waals surface area contributed by atoms with Gasteiger partial charge in [0.25, 0.3) is 11.7 Å². The van der Waals surface area contributed by atoms with Gasteiger partial charge in [0.2, 0.25) is 0 Å². The predicted octanol–water partition coefficient (Wildman–Crippen LogP) is 4.68. The molecule has 0 spiro atoms. The van der Waals surface area contributed by atoms with Gasteiger partial charge in [0.1, 0.15) is 11.6 Å². The third kappa shape index (κ3) is 3.77. The van der Waals surface area contributed by atoms with Gasteiger partial charge in [0.05, 0.1) is 16.5 Å². The van der Waals surface area contributed by atoms with Gasteiger partial charge in [-0.05, 0) is 61.4 Å². The number of hydrogen-bond donors (Lipinski definition) is 2. The summed E-state index contributed by atoms with van der Waals surface area (Å²) < 4.78 is 13.5. The lowest BCUT2D eigenvalue weighted by molar-refractivity contribution is -0.385. The van der Waals surface area contributed by atoms with E-state index < -0.39 is 45.7 Å². The lowest BCUT2D eigenvalue weighted by Gasteiger charge is -2.25. The molecule has 9 heteroatoms. The molecule has 0 aliphatic carbocycles. The lowest BCUT2D eigenvalue weighted by Crippen LogP contribution is -2.29. The normalized spacial score (nSPS) is 17.3. The molecule has 4 rings (SSSR count). The Morgan fingerprint density at radius 3 is 2.35 bits per heavy atom. The van der Waals surface area contributed by atoms with Gasteiger partial charge in [-0.3, -0.25) is 24.6 Å². The lowest BCUT2D eigenvalue weighted by atomic mass is 9.93. The largest absolute Gasteiger partial charge is 0.507 e. The number of aromatic hydroxyl groups is 1. The molecule has 1 fully saturated rings. The number of aliphatic hydroxyl groups is 1. The van der Waals surface area contributed by atoms with Crippen LogP contribution in [0.2, 0.25) is 0 Å². The number of aliphatic hydroxyl groups excluding tert-OH is 1. The first-order chi connectivity index (χ1) is 16.1. The number of benzene rings is 3. The van der Waals surface area contributed by atoms with Gasteiger partial charge in [0.15, 0.2) is 5.75 Å². The summed E-state index contributed by atoms with van der Waals surface area (Å²) in [4.78, 5) is 38.0. The second-order valence-corrected chi connectivity index (χ2v) is 7.97. The zero-order valence-corrected chi connectivity index (χ0v) is 18.2. The summed E-state index contributed by atoms with van der Waals surface area (Å²) in [7, 11) is 0. The van der Waals surface area contributed by atoms with Crippen LogP contribution in [0.4, 0.5) is 15.8 Å². The van der Waals surface area contributed by atoms with Crippen molar-refractivity contribution in [2.24, 2.45) is 0 Å². The van der Waals surface area contributed by atoms with Gasteiger partial charge in [-0.1, -0.05) is 23.8 Å². The van der Waals surface area contributed by atoms with Crippen LogP contribution < -0.4 is 4.90 Å². The van der Waals surface area contributed by atoms with Crippen molar-refractivity contribution in [3.8, 4) is 5.75 Å². The van der Waals surface area contributed by atoms with Crippen LogP contribution in [0.1, 0.15) is 28.3 Å². The van der Waals surface area contributed by atoms with Crippen molar-refractivity contribution in [3.05, 3.63) is 104 Å². The van der Waals surface area contributed by atoms with E-state index in [0.717, 1.165) is 34.7 Å². The minimum absolute atomic E-state index is 0.111. The van der Waals surface area contributed by atoms with Gasteiger partial charge < -0.3 is 10.2 Å². The Kier molecular flexibility index (Phi) is 5.62. The Morgan fingerprint density at radius 1 is 1.03 bits per heavy atom. The maximum atomic E-state index is 13.5. The third-order valence-electron chi connectivity index (χ3n) is 5.71. The summed E-state index contributed by atoms with van der Waals surface area (Å²) >= 11 is 0. The van der Waals surface area contributed by atoms with Crippen LogP contribution in [0.25, 0.3) is 5.76 Å². The van der Waals surface area contributed by atoms with Gasteiger partial charge in [-0.2, -0.15) is 0 Å². The molecule has 1 atom stereocenters. The Hall–Kier alpha value is -4.53. The second-order valence-electron chi connectivity index (χ2n) is 7.97. The first-order valence-electron chi connectivity index (χ1n) is 10.2. The molecule has 1 saturated heterocycles. The molecule has 1 amide bonds. The van der Waals surface area contributed by atoms with Crippen molar-refractivity contribution in [1.29, 1.82) is 0 Å². The van der Waals surface area contributed by atoms with Gasteiger partial charge >= 0.3 is 5.69 Å². The van der Waals surface area contributed by atoms with Crippen LogP contribution >= 0.6 is 0 Å². The van der Waals surface area contributed by atoms with Crippen LogP contribution in [-0.2, 0) is 9.59 Å². The van der Waals surface area contributed by atoms with Crippen molar-refractivity contribution in [3.63, 3.8) is 0 Å². The molecule has 1 unspecified atom stereocenters. The number of nitrogens with zero attached hydrogens (tertiary/aromatic N) is 2. The minimum atomic E-state index is -1.26. The number of carbonyl (C=O) groups is 2. The molecule has 1 aliphatic heterocycles. The highest BCUT2D eigenvalue weighted by atomic mass is 19.1. The van der Waals surface area contributed by atoms with Gasteiger partial charge in [-0.15, -0.1) is 0 Å². The summed E-state index contributed by atoms with van der Waals surface area (Å²) in [5.74, 6) is -3.58. The summed E-state index contributed by atoms with van der Waals surface area (Å²) in [5.41, 5.74) is 1.14. The van der Waals surface area contributed by atoms with E-state index in [-0.39, 0.29) is 16.8 Å². The number of nitro benzene ring substituents is 1. The number of aryl methyl sites for hydroxylation is 2. The van der Waals surface area contributed by atoms with E-state index in [1.165, 1.54) is 18.2 Å². The Labute approximate surface area is 193 Å². The van der Waals surface area contributed by atoms with E-state index in [4.69, 9.17) is 0 Å². The van der Waals surface area contributed by atoms with E-state index in [1.807, 2.05) is 6.07 Å². The predicted molar refractivity (Wildman–Crippen MR) is 122 cm³/mol. The van der Waals surface area contributed by atoms with E-state index in [9.17, 15) is 34.3 Å². The smallest absolute Gasteiger partial charge is 0.311 e. The average Bonchev–Trinajstić information content (AvgIpc) is 3.06. The van der Waals surface area contributed by atoms with E-state index in [1.54, 1.807) is 26.0 Å². The Morgan fingerprint density at radius 2 is 1.71 bits per heavy atom. The molecular formula is C25H19FN2O6. The fraction of sp³-hybridized carbons (Fsp3) is 0.120. The van der Waals surface area contributed by atoms with Crippen LogP contribution in [0.3, 0.4) is 0 Å². The fourth-order valence-electron chi connectivity index (χ4n) is 4.01. The van der Waals surface area contributed by atoms with Crippen molar-refractivity contribution >= 4 is 28.8 Å². The number of amides is 1. The zero-order valence-electron chi connectivity index (χ0n) is 18.2. The maximum absolute atomic E-state index is 13.5. The van der Waals surface area contributed by atoms with Gasteiger partial charge in [0, 0.05) is 17.3 Å². The Bertz CT molecular complexity index is 1380. The number of ketones is 1. The number of nitro groups is 1. The van der Waals surface area contributed by atoms with Crippen LogP contribution in [0, 0.1) is 29.8 Å². The molecule has 2 N–H and O–H groups in total. The van der Waals surface area contributed by atoms with Gasteiger partial charge in [-0.25, -0.2) is 4.39 Å². The summed E-state index contributed by atoms with van der Waals surface area (Å²) in [5, 5.41) is 32.5. The molecule has 0 radical (unpaired) electrons. The molecule has 1 aliphatic rings. The van der Waals surface area contributed by atoms with Crippen LogP contribution in [-0.4, -0.2) is 26.8 Å². The number of Topliss-reactive ketones (excluding diaryl/α,β-unsaturated/α-hetero) is 1. The quantitative estimate of drug-likeness (QED) is 0.191. The van der Waals surface area contributed by atoms with Crippen molar-refractivity contribution in [1.82, 2.24) is 0 Å². The topological polar surface area (TPSA) is 121 Å². The van der Waals surface area contributed by atoms with Crippen molar-refractivity contribution < 1.29 is 29.1 Å². The number of rotatable bonds is 4.